The third-order valence-corrected chi connectivity index (χ3v) is 5.03. The molecule has 1 aliphatic rings. The van der Waals surface area contributed by atoms with E-state index in [1.165, 1.54) is 22.4 Å². The van der Waals surface area contributed by atoms with Crippen LogP contribution in [0.15, 0.2) is 53.4 Å². The largest absolute Gasteiger partial charge is 0.398 e. The zero-order chi connectivity index (χ0) is 13.9. The predicted molar refractivity (Wildman–Crippen MR) is 87.0 cm³/mol. The lowest BCUT2D eigenvalue weighted by atomic mass is 10.1. The third kappa shape index (κ3) is 3.00. The van der Waals surface area contributed by atoms with E-state index >= 15 is 0 Å². The van der Waals surface area contributed by atoms with Crippen molar-refractivity contribution in [2.24, 2.45) is 0 Å². The topological polar surface area (TPSA) is 29.3 Å². The summed E-state index contributed by atoms with van der Waals surface area (Å²) in [6.07, 6.45) is 1.18. The number of benzene rings is 2. The standard InChI is InChI=1S/C17H20N2S/c1-19(11-14-7-2-4-8-16(14)18)12-15-10-13-6-3-5-9-17(13)20-15/h2-9,15H,10-12,18H2,1H3. The molecule has 1 heterocycles. The second kappa shape index (κ2) is 5.90. The Hall–Kier alpha value is -1.45. The van der Waals surface area contributed by atoms with Crippen LogP contribution in [0.2, 0.25) is 0 Å². The zero-order valence-electron chi connectivity index (χ0n) is 11.8. The molecule has 0 spiro atoms. The average Bonchev–Trinajstić information content (AvgIpc) is 2.83. The molecule has 1 aliphatic heterocycles. The summed E-state index contributed by atoms with van der Waals surface area (Å²) in [7, 11) is 2.18. The molecule has 0 fully saturated rings. The maximum Gasteiger partial charge on any atom is 0.0359 e. The summed E-state index contributed by atoms with van der Waals surface area (Å²) in [5.41, 5.74) is 9.62. The highest BCUT2D eigenvalue weighted by Gasteiger charge is 2.22. The number of rotatable bonds is 4. The minimum absolute atomic E-state index is 0.655. The summed E-state index contributed by atoms with van der Waals surface area (Å²) < 4.78 is 0. The molecule has 0 aliphatic carbocycles. The van der Waals surface area contributed by atoms with Crippen molar-refractivity contribution in [2.75, 3.05) is 19.3 Å². The molecule has 2 aromatic carbocycles. The average molecular weight is 284 g/mol. The molecule has 3 heteroatoms. The highest BCUT2D eigenvalue weighted by atomic mass is 32.2. The highest BCUT2D eigenvalue weighted by molar-refractivity contribution is 8.00. The van der Waals surface area contributed by atoms with Gasteiger partial charge in [0.05, 0.1) is 0 Å². The van der Waals surface area contributed by atoms with Crippen LogP contribution >= 0.6 is 11.8 Å². The fraction of sp³-hybridized carbons (Fsp3) is 0.294. The number of para-hydroxylation sites is 1. The smallest absolute Gasteiger partial charge is 0.0359 e. The Morgan fingerprint density at radius 3 is 2.70 bits per heavy atom. The first-order valence-corrected chi connectivity index (χ1v) is 7.87. The molecule has 0 bridgehead atoms. The van der Waals surface area contributed by atoms with E-state index in [0.29, 0.717) is 5.25 Å². The van der Waals surface area contributed by atoms with Gasteiger partial charge in [0.25, 0.3) is 0 Å². The van der Waals surface area contributed by atoms with E-state index in [4.69, 9.17) is 5.73 Å². The Bertz CT molecular complexity index is 572. The van der Waals surface area contributed by atoms with Crippen molar-refractivity contribution in [1.29, 1.82) is 0 Å². The number of nitrogens with two attached hydrogens (primary N) is 1. The zero-order valence-corrected chi connectivity index (χ0v) is 12.6. The van der Waals surface area contributed by atoms with Crippen LogP contribution in [0.1, 0.15) is 11.1 Å². The van der Waals surface area contributed by atoms with Crippen molar-refractivity contribution < 1.29 is 0 Å². The fourth-order valence-electron chi connectivity index (χ4n) is 2.74. The monoisotopic (exact) mass is 284 g/mol. The fourth-order valence-corrected chi connectivity index (χ4v) is 4.15. The van der Waals surface area contributed by atoms with Gasteiger partial charge in [-0.25, -0.2) is 0 Å². The van der Waals surface area contributed by atoms with Gasteiger partial charge in [0.15, 0.2) is 0 Å². The Morgan fingerprint density at radius 2 is 1.90 bits per heavy atom. The number of hydrogen-bond acceptors (Lipinski definition) is 3. The first-order chi connectivity index (χ1) is 9.72. The van der Waals surface area contributed by atoms with E-state index in [0.717, 1.165) is 18.8 Å². The molecule has 2 N–H and O–H groups in total. The maximum atomic E-state index is 6.01. The lowest BCUT2D eigenvalue weighted by Gasteiger charge is -2.21. The van der Waals surface area contributed by atoms with Crippen molar-refractivity contribution in [3.8, 4) is 0 Å². The molecule has 0 amide bonds. The highest BCUT2D eigenvalue weighted by Crippen LogP contribution is 2.37. The summed E-state index contributed by atoms with van der Waals surface area (Å²) in [5.74, 6) is 0. The number of nitrogen functional groups attached to an aromatic ring is 1. The van der Waals surface area contributed by atoms with E-state index in [1.54, 1.807) is 0 Å². The van der Waals surface area contributed by atoms with Gasteiger partial charge in [-0.15, -0.1) is 11.8 Å². The van der Waals surface area contributed by atoms with Crippen LogP contribution in [0.25, 0.3) is 0 Å². The van der Waals surface area contributed by atoms with Crippen LogP contribution in [-0.2, 0) is 13.0 Å². The molecule has 3 rings (SSSR count). The van der Waals surface area contributed by atoms with Crippen LogP contribution in [0, 0.1) is 0 Å². The molecular weight excluding hydrogens is 264 g/mol. The summed E-state index contributed by atoms with van der Waals surface area (Å²) in [5, 5.41) is 0.655. The lowest BCUT2D eigenvalue weighted by Crippen LogP contribution is -2.27. The number of hydrogen-bond donors (Lipinski definition) is 1. The van der Waals surface area contributed by atoms with Crippen LogP contribution in [-0.4, -0.2) is 23.7 Å². The summed E-state index contributed by atoms with van der Waals surface area (Å²) in [6.45, 7) is 2.01. The van der Waals surface area contributed by atoms with Crippen molar-refractivity contribution in [3.63, 3.8) is 0 Å². The lowest BCUT2D eigenvalue weighted by molar-refractivity contribution is 0.328. The van der Waals surface area contributed by atoms with Gasteiger partial charge in [0.1, 0.15) is 0 Å². The second-order valence-electron chi connectivity index (χ2n) is 5.45. The molecule has 2 aromatic rings. The molecule has 104 valence electrons. The summed E-state index contributed by atoms with van der Waals surface area (Å²) in [4.78, 5) is 3.82. The van der Waals surface area contributed by atoms with Gasteiger partial charge in [-0.05, 0) is 36.7 Å². The number of fused-ring (bicyclic) bond motifs is 1. The Labute approximate surface area is 125 Å². The van der Waals surface area contributed by atoms with Crippen molar-refractivity contribution in [2.45, 2.75) is 23.1 Å². The number of nitrogens with zero attached hydrogens (tertiary/aromatic N) is 1. The number of thioether (sulfide) groups is 1. The second-order valence-corrected chi connectivity index (χ2v) is 6.79. The predicted octanol–water partition coefficient (Wildman–Crippen LogP) is 3.42. The molecule has 0 saturated heterocycles. The van der Waals surface area contributed by atoms with Crippen LogP contribution in [0.5, 0.6) is 0 Å². The van der Waals surface area contributed by atoms with Crippen LogP contribution in [0.4, 0.5) is 5.69 Å². The molecule has 0 radical (unpaired) electrons. The SMILES string of the molecule is CN(Cc1ccccc1N)CC1Cc2ccccc2S1. The van der Waals surface area contributed by atoms with E-state index in [-0.39, 0.29) is 0 Å². The van der Waals surface area contributed by atoms with E-state index < -0.39 is 0 Å². The first-order valence-electron chi connectivity index (χ1n) is 6.99. The Morgan fingerprint density at radius 1 is 1.15 bits per heavy atom. The van der Waals surface area contributed by atoms with E-state index in [1.807, 2.05) is 23.9 Å². The molecular formula is C17H20N2S. The summed E-state index contributed by atoms with van der Waals surface area (Å²) >= 11 is 2.01. The van der Waals surface area contributed by atoms with Crippen molar-refractivity contribution in [1.82, 2.24) is 4.90 Å². The van der Waals surface area contributed by atoms with Gasteiger partial charge in [-0.3, -0.25) is 0 Å². The van der Waals surface area contributed by atoms with Crippen LogP contribution < -0.4 is 5.73 Å². The van der Waals surface area contributed by atoms with Crippen molar-refractivity contribution in [3.05, 3.63) is 59.7 Å². The summed E-state index contributed by atoms with van der Waals surface area (Å²) in [6, 6.07) is 16.9. The Balaban J connectivity index is 1.59. The van der Waals surface area contributed by atoms with Gasteiger partial charge < -0.3 is 10.6 Å². The molecule has 1 atom stereocenters. The normalized spacial score (nSPS) is 17.4. The van der Waals surface area contributed by atoms with Gasteiger partial charge in [0, 0.05) is 28.9 Å². The minimum Gasteiger partial charge on any atom is -0.398 e. The maximum absolute atomic E-state index is 6.01. The van der Waals surface area contributed by atoms with Gasteiger partial charge >= 0.3 is 0 Å². The molecule has 0 saturated carbocycles. The van der Waals surface area contributed by atoms with E-state index in [2.05, 4.69) is 48.3 Å². The first kappa shape index (κ1) is 13.5. The molecule has 20 heavy (non-hydrogen) atoms. The van der Waals surface area contributed by atoms with Gasteiger partial charge in [-0.1, -0.05) is 36.4 Å². The Kier molecular flexibility index (Phi) is 3.99. The molecule has 0 aromatic heterocycles. The van der Waals surface area contributed by atoms with Crippen molar-refractivity contribution >= 4 is 17.4 Å². The quantitative estimate of drug-likeness (QED) is 0.872. The van der Waals surface area contributed by atoms with Gasteiger partial charge in [0.2, 0.25) is 0 Å². The van der Waals surface area contributed by atoms with Gasteiger partial charge in [-0.2, -0.15) is 0 Å². The van der Waals surface area contributed by atoms with E-state index in [9.17, 15) is 0 Å². The minimum atomic E-state index is 0.655. The molecule has 2 nitrogen and oxygen atoms in total. The third-order valence-electron chi connectivity index (χ3n) is 3.72. The molecule has 1 unspecified atom stereocenters. The van der Waals surface area contributed by atoms with Crippen LogP contribution in [0.3, 0.4) is 0 Å². The number of anilines is 1.